The first-order valence-electron chi connectivity index (χ1n) is 10.5. The summed E-state index contributed by atoms with van der Waals surface area (Å²) in [5.74, 6) is -0.432. The highest BCUT2D eigenvalue weighted by molar-refractivity contribution is 9.11. The number of thiazole rings is 1. The van der Waals surface area contributed by atoms with Crippen LogP contribution in [0.1, 0.15) is 0 Å². The Morgan fingerprint density at radius 3 is 2.14 bits per heavy atom. The number of aromatic nitrogens is 1. The van der Waals surface area contributed by atoms with Gasteiger partial charge in [0.25, 0.3) is 0 Å². The molecule has 0 unspecified atom stereocenters. The average Bonchev–Trinajstić information content (AvgIpc) is 3.37. The molecule has 1 aliphatic rings. The van der Waals surface area contributed by atoms with Gasteiger partial charge in [-0.3, -0.25) is 0 Å². The van der Waals surface area contributed by atoms with Crippen molar-refractivity contribution in [2.75, 3.05) is 52.4 Å². The van der Waals surface area contributed by atoms with Gasteiger partial charge in [-0.25, -0.2) is 22.2 Å². The van der Waals surface area contributed by atoms with Gasteiger partial charge in [-0.05, 0) is 50.1 Å². The van der Waals surface area contributed by atoms with Gasteiger partial charge in [-0.15, -0.1) is 11.3 Å². The Hall–Kier alpha value is -2.00. The smallest absolute Gasteiger partial charge is 0.247 e. The van der Waals surface area contributed by atoms with Crippen LogP contribution in [0.25, 0.3) is 11.3 Å². The van der Waals surface area contributed by atoms with Crippen molar-refractivity contribution in [1.29, 1.82) is 0 Å². The van der Waals surface area contributed by atoms with Crippen molar-refractivity contribution >= 4 is 58.4 Å². The summed E-state index contributed by atoms with van der Waals surface area (Å²) in [7, 11) is 0.325. The van der Waals surface area contributed by atoms with Gasteiger partial charge in [0.1, 0.15) is 10.7 Å². The largest absolute Gasteiger partial charge is 0.493 e. The SMILES string of the molecule is COc1cc(-c2csc(N3CCN(S(=O)(=O)c4c(F)c(Br)cc(F)c4Br)CC3)n2)cc(OC)c1OC. The number of ether oxygens (including phenoxy) is 3. The third kappa shape index (κ3) is 4.93. The minimum atomic E-state index is -4.28. The van der Waals surface area contributed by atoms with Gasteiger partial charge in [0.15, 0.2) is 22.4 Å². The number of methoxy groups -OCH3 is 3. The van der Waals surface area contributed by atoms with E-state index >= 15 is 0 Å². The number of rotatable bonds is 7. The maximum atomic E-state index is 14.7. The topological polar surface area (TPSA) is 81.2 Å². The second kappa shape index (κ2) is 10.8. The molecule has 0 saturated carbocycles. The molecule has 2 aromatic carbocycles. The lowest BCUT2D eigenvalue weighted by Crippen LogP contribution is -2.48. The number of halogens is 4. The molecule has 14 heteroatoms. The van der Waals surface area contributed by atoms with E-state index in [1.165, 1.54) is 32.7 Å². The lowest BCUT2D eigenvalue weighted by atomic mass is 10.1. The highest BCUT2D eigenvalue weighted by Crippen LogP contribution is 2.42. The molecule has 0 amide bonds. The van der Waals surface area contributed by atoms with E-state index < -0.39 is 31.0 Å². The molecule has 36 heavy (non-hydrogen) atoms. The van der Waals surface area contributed by atoms with Crippen LogP contribution in [0.15, 0.2) is 37.4 Å². The van der Waals surface area contributed by atoms with Crippen LogP contribution in [-0.2, 0) is 10.0 Å². The molecule has 0 bridgehead atoms. The predicted octanol–water partition coefficient (Wildman–Crippen LogP) is 5.15. The summed E-state index contributed by atoms with van der Waals surface area (Å²) in [6.45, 7) is 0.831. The van der Waals surface area contributed by atoms with E-state index in [9.17, 15) is 17.2 Å². The first-order chi connectivity index (χ1) is 17.1. The molecule has 1 aromatic heterocycles. The molecule has 194 valence electrons. The highest BCUT2D eigenvalue weighted by Gasteiger charge is 2.35. The maximum absolute atomic E-state index is 14.7. The number of nitrogens with zero attached hydrogens (tertiary/aromatic N) is 3. The predicted molar refractivity (Wildman–Crippen MR) is 140 cm³/mol. The number of hydrogen-bond acceptors (Lipinski definition) is 8. The van der Waals surface area contributed by atoms with Gasteiger partial charge in [0, 0.05) is 37.1 Å². The third-order valence-electron chi connectivity index (χ3n) is 5.63. The lowest BCUT2D eigenvalue weighted by Gasteiger charge is -2.34. The molecule has 0 N–H and O–H groups in total. The zero-order chi connectivity index (χ0) is 26.2. The first-order valence-corrected chi connectivity index (χ1v) is 14.4. The maximum Gasteiger partial charge on any atom is 0.247 e. The summed E-state index contributed by atoms with van der Waals surface area (Å²) < 4.78 is 71.7. The zero-order valence-corrected chi connectivity index (χ0v) is 24.2. The van der Waals surface area contributed by atoms with Crippen molar-refractivity contribution in [2.45, 2.75) is 4.90 Å². The fourth-order valence-electron chi connectivity index (χ4n) is 3.80. The minimum Gasteiger partial charge on any atom is -0.493 e. The monoisotopic (exact) mass is 667 g/mol. The Labute approximate surface area is 228 Å². The number of sulfonamides is 1. The Bertz CT molecular complexity index is 1350. The average molecular weight is 669 g/mol. The summed E-state index contributed by atoms with van der Waals surface area (Å²) in [5.41, 5.74) is 1.46. The van der Waals surface area contributed by atoms with E-state index in [4.69, 9.17) is 19.2 Å². The van der Waals surface area contributed by atoms with Gasteiger partial charge in [0.05, 0.1) is 36.0 Å². The van der Waals surface area contributed by atoms with Crippen LogP contribution in [0.3, 0.4) is 0 Å². The van der Waals surface area contributed by atoms with Crippen LogP contribution in [0, 0.1) is 11.6 Å². The molecule has 4 rings (SSSR count). The Morgan fingerprint density at radius 1 is 0.972 bits per heavy atom. The van der Waals surface area contributed by atoms with Crippen LogP contribution in [-0.4, -0.2) is 65.2 Å². The lowest BCUT2D eigenvalue weighted by molar-refractivity contribution is 0.324. The highest BCUT2D eigenvalue weighted by atomic mass is 79.9. The number of benzene rings is 2. The molecule has 1 aliphatic heterocycles. The number of hydrogen-bond donors (Lipinski definition) is 0. The summed E-state index contributed by atoms with van der Waals surface area (Å²) >= 11 is 7.18. The molecule has 3 aromatic rings. The van der Waals surface area contributed by atoms with Gasteiger partial charge in [-0.1, -0.05) is 0 Å². The summed E-state index contributed by atoms with van der Waals surface area (Å²) in [5, 5.41) is 2.59. The number of anilines is 1. The zero-order valence-electron chi connectivity index (χ0n) is 19.3. The fourth-order valence-corrected chi connectivity index (χ4v) is 7.68. The van der Waals surface area contributed by atoms with Crippen LogP contribution in [0.4, 0.5) is 13.9 Å². The van der Waals surface area contributed by atoms with Crippen molar-refractivity contribution in [2.24, 2.45) is 0 Å². The van der Waals surface area contributed by atoms with E-state index in [-0.39, 0.29) is 17.6 Å². The molecule has 0 atom stereocenters. The van der Waals surface area contributed by atoms with Crippen molar-refractivity contribution in [3.05, 3.63) is 44.2 Å². The van der Waals surface area contributed by atoms with Crippen molar-refractivity contribution < 1.29 is 31.4 Å². The second-order valence-electron chi connectivity index (χ2n) is 7.62. The molecule has 0 radical (unpaired) electrons. The molecule has 0 aliphatic carbocycles. The van der Waals surface area contributed by atoms with E-state index in [0.29, 0.717) is 41.2 Å². The minimum absolute atomic E-state index is 0.0848. The molecular weight excluding hydrogens is 648 g/mol. The molecule has 2 heterocycles. The Balaban J connectivity index is 1.54. The quantitative estimate of drug-likeness (QED) is 0.322. The normalized spacial score (nSPS) is 14.7. The van der Waals surface area contributed by atoms with Crippen LogP contribution >= 0.6 is 43.2 Å². The summed E-state index contributed by atoms with van der Waals surface area (Å²) in [6.07, 6.45) is 0. The van der Waals surface area contributed by atoms with Crippen LogP contribution in [0.2, 0.25) is 0 Å². The second-order valence-corrected chi connectivity index (χ2v) is 12.0. The molecule has 1 fully saturated rings. The van der Waals surface area contributed by atoms with E-state index in [0.717, 1.165) is 15.9 Å². The third-order valence-corrected chi connectivity index (χ3v) is 10.1. The molecule has 1 saturated heterocycles. The van der Waals surface area contributed by atoms with E-state index in [1.807, 2.05) is 10.3 Å². The number of piperazine rings is 1. The van der Waals surface area contributed by atoms with Gasteiger partial charge in [0.2, 0.25) is 15.8 Å². The summed E-state index contributed by atoms with van der Waals surface area (Å²) in [6, 6.07) is 4.48. The Morgan fingerprint density at radius 2 is 1.58 bits per heavy atom. The van der Waals surface area contributed by atoms with Gasteiger partial charge < -0.3 is 19.1 Å². The van der Waals surface area contributed by atoms with Gasteiger partial charge in [-0.2, -0.15) is 4.31 Å². The van der Waals surface area contributed by atoms with Crippen LogP contribution < -0.4 is 19.1 Å². The Kier molecular flexibility index (Phi) is 8.10. The molecular formula is C22H21Br2F2N3O5S2. The first kappa shape index (κ1) is 27.0. The van der Waals surface area contributed by atoms with Crippen LogP contribution in [0.5, 0.6) is 17.2 Å². The van der Waals surface area contributed by atoms with Crippen molar-refractivity contribution in [1.82, 2.24) is 9.29 Å². The molecule has 8 nitrogen and oxygen atoms in total. The fraction of sp³-hybridized carbons (Fsp3) is 0.318. The van der Waals surface area contributed by atoms with E-state index in [1.54, 1.807) is 12.1 Å². The van der Waals surface area contributed by atoms with Crippen molar-refractivity contribution in [3.63, 3.8) is 0 Å². The van der Waals surface area contributed by atoms with E-state index in [2.05, 4.69) is 31.9 Å². The summed E-state index contributed by atoms with van der Waals surface area (Å²) in [4.78, 5) is 5.94. The van der Waals surface area contributed by atoms with Gasteiger partial charge >= 0.3 is 0 Å². The standard InChI is InChI=1S/C22H21Br2F2N3O5S2/c1-32-16-8-12(9-17(33-2)20(16)34-3)15-11-35-22(27-15)28-4-6-29(7-5-28)36(30,31)21-18(24)14(25)10-13(23)19(21)26/h8-11H,4-7H2,1-3H3. The molecule has 0 spiro atoms. The van der Waals surface area contributed by atoms with Crippen molar-refractivity contribution in [3.8, 4) is 28.5 Å².